The molecule has 1 unspecified atom stereocenters. The number of H-pyrrole nitrogens is 1. The number of nitrogens with one attached hydrogen (secondary N) is 2. The zero-order chi connectivity index (χ0) is 19.6. The number of benzene rings is 1. The largest absolute Gasteiger partial charge is 0.423 e. The van der Waals surface area contributed by atoms with Crippen LogP contribution in [0.3, 0.4) is 0 Å². The summed E-state index contributed by atoms with van der Waals surface area (Å²) in [6.45, 7) is 3.60. The maximum atomic E-state index is 12.5. The summed E-state index contributed by atoms with van der Waals surface area (Å²) < 4.78 is 11.4. The first-order valence-corrected chi connectivity index (χ1v) is 9.92. The molecule has 29 heavy (non-hydrogen) atoms. The van der Waals surface area contributed by atoms with Crippen molar-refractivity contribution in [3.05, 3.63) is 35.9 Å². The molecule has 0 aliphatic carbocycles. The molecule has 2 fully saturated rings. The second-order valence-corrected chi connectivity index (χ2v) is 7.24. The predicted octanol–water partition coefficient (Wildman–Crippen LogP) is 1.83. The van der Waals surface area contributed by atoms with Gasteiger partial charge in [0.15, 0.2) is 11.4 Å². The van der Waals surface area contributed by atoms with Crippen LogP contribution in [0.15, 0.2) is 28.7 Å². The van der Waals surface area contributed by atoms with E-state index in [0.717, 1.165) is 30.5 Å². The lowest BCUT2D eigenvalue weighted by Gasteiger charge is -2.33. The van der Waals surface area contributed by atoms with E-state index >= 15 is 0 Å². The molecule has 1 aromatic carbocycles. The molecule has 2 amide bonds. The molecule has 3 aromatic rings. The number of aromatic amines is 1. The van der Waals surface area contributed by atoms with Crippen molar-refractivity contribution in [3.8, 4) is 0 Å². The van der Waals surface area contributed by atoms with Gasteiger partial charge in [-0.1, -0.05) is 12.1 Å². The number of para-hydroxylation sites is 2. The molecule has 2 N–H and O–H groups in total. The number of carbonyl (C=O) groups is 1. The molecule has 0 spiro atoms. The highest BCUT2D eigenvalue weighted by Crippen LogP contribution is 2.25. The molecule has 152 valence electrons. The summed E-state index contributed by atoms with van der Waals surface area (Å²) in [6, 6.07) is 8.20. The number of hydrogen-bond acceptors (Lipinski definition) is 7. The lowest BCUT2D eigenvalue weighted by Crippen LogP contribution is -2.51. The SMILES string of the molecule is O=C(NCc1nc(C2CCCO2)n[nH]1)N1CCN(c2nc3ccccc3o2)CC1. The summed E-state index contributed by atoms with van der Waals surface area (Å²) in [5.74, 6) is 1.30. The Morgan fingerprint density at radius 1 is 1.21 bits per heavy atom. The monoisotopic (exact) mass is 397 g/mol. The van der Waals surface area contributed by atoms with Crippen molar-refractivity contribution in [2.24, 2.45) is 0 Å². The third kappa shape index (κ3) is 3.75. The van der Waals surface area contributed by atoms with Gasteiger partial charge in [-0.25, -0.2) is 9.78 Å². The van der Waals surface area contributed by atoms with Gasteiger partial charge in [-0.05, 0) is 25.0 Å². The van der Waals surface area contributed by atoms with Gasteiger partial charge in [0.1, 0.15) is 17.4 Å². The summed E-state index contributed by atoms with van der Waals surface area (Å²) in [5, 5.41) is 9.98. The molecular weight excluding hydrogens is 374 g/mol. The molecule has 2 aromatic heterocycles. The average molecular weight is 397 g/mol. The Kier molecular flexibility index (Phi) is 4.76. The number of rotatable bonds is 4. The summed E-state index contributed by atoms with van der Waals surface area (Å²) in [4.78, 5) is 25.3. The molecule has 0 saturated carbocycles. The molecule has 2 aliphatic heterocycles. The number of piperazine rings is 1. The maximum absolute atomic E-state index is 12.5. The van der Waals surface area contributed by atoms with E-state index in [9.17, 15) is 4.79 Å². The number of anilines is 1. The van der Waals surface area contributed by atoms with Crippen LogP contribution in [0.4, 0.5) is 10.8 Å². The molecule has 4 heterocycles. The highest BCUT2D eigenvalue weighted by Gasteiger charge is 2.25. The molecule has 2 saturated heterocycles. The fourth-order valence-electron chi connectivity index (χ4n) is 3.68. The highest BCUT2D eigenvalue weighted by atomic mass is 16.5. The van der Waals surface area contributed by atoms with E-state index in [2.05, 4.69) is 30.4 Å². The Balaban J connectivity index is 1.12. The van der Waals surface area contributed by atoms with Crippen LogP contribution < -0.4 is 10.2 Å². The predicted molar refractivity (Wildman–Crippen MR) is 104 cm³/mol. The third-order valence-corrected chi connectivity index (χ3v) is 5.29. The van der Waals surface area contributed by atoms with Crippen LogP contribution in [0.2, 0.25) is 0 Å². The Labute approximate surface area is 167 Å². The molecule has 0 bridgehead atoms. The number of nitrogens with zero attached hydrogens (tertiary/aromatic N) is 5. The van der Waals surface area contributed by atoms with E-state index in [1.807, 2.05) is 24.3 Å². The van der Waals surface area contributed by atoms with E-state index in [0.29, 0.717) is 50.4 Å². The normalized spacial score (nSPS) is 19.8. The first-order valence-electron chi connectivity index (χ1n) is 9.92. The fourth-order valence-corrected chi connectivity index (χ4v) is 3.68. The van der Waals surface area contributed by atoms with Crippen LogP contribution in [0.1, 0.15) is 30.6 Å². The zero-order valence-corrected chi connectivity index (χ0v) is 16.0. The van der Waals surface area contributed by atoms with E-state index < -0.39 is 0 Å². The van der Waals surface area contributed by atoms with Crippen molar-refractivity contribution in [1.29, 1.82) is 0 Å². The van der Waals surface area contributed by atoms with Crippen molar-refractivity contribution in [1.82, 2.24) is 30.4 Å². The molecular formula is C19H23N7O3. The van der Waals surface area contributed by atoms with Gasteiger partial charge in [0.2, 0.25) is 0 Å². The second-order valence-electron chi connectivity index (χ2n) is 7.24. The number of oxazole rings is 1. The van der Waals surface area contributed by atoms with Crippen LogP contribution in [0.25, 0.3) is 11.1 Å². The first kappa shape index (κ1) is 17.9. The van der Waals surface area contributed by atoms with Gasteiger partial charge in [-0.15, -0.1) is 0 Å². The Morgan fingerprint density at radius 2 is 2.07 bits per heavy atom. The standard InChI is InChI=1S/C19H23N7O3/c27-18(20-12-16-22-17(24-23-16)15-6-3-11-28-15)25-7-9-26(10-8-25)19-21-13-4-1-2-5-14(13)29-19/h1-2,4-5,15H,3,6-12H2,(H,20,27)(H,22,23,24). The summed E-state index contributed by atoms with van der Waals surface area (Å²) >= 11 is 0. The lowest BCUT2D eigenvalue weighted by molar-refractivity contribution is 0.105. The third-order valence-electron chi connectivity index (χ3n) is 5.29. The maximum Gasteiger partial charge on any atom is 0.317 e. The van der Waals surface area contributed by atoms with Crippen LogP contribution in [-0.4, -0.2) is 63.9 Å². The number of ether oxygens (including phenoxy) is 1. The Hall–Kier alpha value is -3.14. The Bertz CT molecular complexity index is 954. The van der Waals surface area contributed by atoms with Crippen molar-refractivity contribution >= 4 is 23.1 Å². The van der Waals surface area contributed by atoms with Crippen molar-refractivity contribution in [2.45, 2.75) is 25.5 Å². The number of fused-ring (bicyclic) bond motifs is 1. The number of amides is 2. The minimum absolute atomic E-state index is 0.0318. The summed E-state index contributed by atoms with van der Waals surface area (Å²) in [6.07, 6.45) is 1.94. The van der Waals surface area contributed by atoms with Gasteiger partial charge in [-0.3, -0.25) is 5.10 Å². The number of aromatic nitrogens is 4. The van der Waals surface area contributed by atoms with Gasteiger partial charge in [0.05, 0.1) is 6.54 Å². The van der Waals surface area contributed by atoms with E-state index in [1.54, 1.807) is 4.90 Å². The topological polar surface area (TPSA) is 112 Å². The van der Waals surface area contributed by atoms with Crippen LogP contribution >= 0.6 is 0 Å². The molecule has 2 aliphatic rings. The van der Waals surface area contributed by atoms with Gasteiger partial charge in [0, 0.05) is 32.8 Å². The van der Waals surface area contributed by atoms with Gasteiger partial charge >= 0.3 is 6.03 Å². The van der Waals surface area contributed by atoms with Gasteiger partial charge in [-0.2, -0.15) is 10.1 Å². The molecule has 5 rings (SSSR count). The Morgan fingerprint density at radius 3 is 2.86 bits per heavy atom. The molecule has 0 radical (unpaired) electrons. The second kappa shape index (κ2) is 7.70. The molecule has 10 nitrogen and oxygen atoms in total. The summed E-state index contributed by atoms with van der Waals surface area (Å²) in [5.41, 5.74) is 1.62. The highest BCUT2D eigenvalue weighted by molar-refractivity contribution is 5.75. The van der Waals surface area contributed by atoms with Crippen LogP contribution in [-0.2, 0) is 11.3 Å². The summed E-state index contributed by atoms with van der Waals surface area (Å²) in [7, 11) is 0. The minimum atomic E-state index is -0.114. The van der Waals surface area contributed by atoms with E-state index in [1.165, 1.54) is 0 Å². The molecule has 1 atom stereocenters. The van der Waals surface area contributed by atoms with E-state index in [-0.39, 0.29) is 12.1 Å². The number of hydrogen-bond donors (Lipinski definition) is 2. The lowest BCUT2D eigenvalue weighted by atomic mass is 10.2. The van der Waals surface area contributed by atoms with Crippen LogP contribution in [0.5, 0.6) is 0 Å². The van der Waals surface area contributed by atoms with Gasteiger partial charge < -0.3 is 24.3 Å². The number of urea groups is 1. The van der Waals surface area contributed by atoms with Crippen molar-refractivity contribution in [3.63, 3.8) is 0 Å². The quantitative estimate of drug-likeness (QED) is 0.691. The van der Waals surface area contributed by atoms with Gasteiger partial charge in [0.25, 0.3) is 6.01 Å². The first-order chi connectivity index (χ1) is 14.3. The molecule has 10 heteroatoms. The average Bonchev–Trinajstić information content (AvgIpc) is 3.52. The fraction of sp³-hybridized carbons (Fsp3) is 0.474. The van der Waals surface area contributed by atoms with Crippen molar-refractivity contribution in [2.75, 3.05) is 37.7 Å². The number of carbonyl (C=O) groups excluding carboxylic acids is 1. The van der Waals surface area contributed by atoms with Crippen molar-refractivity contribution < 1.29 is 13.9 Å². The van der Waals surface area contributed by atoms with E-state index in [4.69, 9.17) is 9.15 Å². The smallest absolute Gasteiger partial charge is 0.317 e. The van der Waals surface area contributed by atoms with Crippen LogP contribution in [0, 0.1) is 0 Å². The minimum Gasteiger partial charge on any atom is -0.423 e. The zero-order valence-electron chi connectivity index (χ0n) is 16.0.